The van der Waals surface area contributed by atoms with Crippen molar-refractivity contribution < 1.29 is 0 Å². The zero-order chi connectivity index (χ0) is 94.9. The molecule has 0 amide bonds. The first kappa shape index (κ1) is 86.0. The summed E-state index contributed by atoms with van der Waals surface area (Å²) < 4.78 is 0. The van der Waals surface area contributed by atoms with E-state index >= 15 is 0 Å². The van der Waals surface area contributed by atoms with Gasteiger partial charge in [0.05, 0.1) is 22.7 Å². The van der Waals surface area contributed by atoms with E-state index in [-0.39, 0.29) is 0 Å². The standard InChI is InChI=1S/C47H34N2.2C45H32N2/c1-3-12-34(13-4-1)35-22-29-43(30-23-35)49-45-20-10-8-15-39(45)33-40-32-38(26-31-46(40)49)36-24-27-42(28-25-36)48(41-17-5-2-6-18-41)47-21-11-16-37-14-7-9-19-44(37)47;1-2-17-38(18-3-1)46(44-22-10-15-33-12-4-7-19-40(33)44)39-27-24-32(25-28-39)35-26-29-43-37(30-35)31-36-14-6-9-21-42(36)47(43)45-23-11-16-34-13-5-8-20-41(34)45;1-2-16-39(17-3-1)46(45-20-10-15-34-12-6-8-18-42(34)45)40-25-21-33(22-26-40)36-24-28-44-38(29-36)30-37-14-7-9-19-43(37)47(44)41-27-23-32-11-4-5-13-35(32)31-41/h1-32H,33H2;1-30H,31H2;1-29,31H,30H2. The highest BCUT2D eigenvalue weighted by Gasteiger charge is 2.31. The zero-order valence-electron chi connectivity index (χ0n) is 78.9. The second-order valence-electron chi connectivity index (χ2n) is 37.0. The van der Waals surface area contributed by atoms with Crippen molar-refractivity contribution in [3.63, 3.8) is 0 Å². The third-order valence-electron chi connectivity index (χ3n) is 28.5. The summed E-state index contributed by atoms with van der Waals surface area (Å²) in [5.74, 6) is 0. The molecule has 3 heterocycles. The fourth-order valence-corrected chi connectivity index (χ4v) is 21.6. The average Bonchev–Trinajstić information content (AvgIpc) is 0.754. The predicted molar refractivity (Wildman–Crippen MR) is 605 cm³/mol. The summed E-state index contributed by atoms with van der Waals surface area (Å²) in [6.07, 6.45) is 2.71. The molecule has 0 aliphatic carbocycles. The van der Waals surface area contributed by atoms with Crippen LogP contribution in [-0.2, 0) is 19.3 Å². The zero-order valence-corrected chi connectivity index (χ0v) is 78.9. The highest BCUT2D eigenvalue weighted by molar-refractivity contribution is 6.05. The van der Waals surface area contributed by atoms with Gasteiger partial charge in [-0.15, -0.1) is 0 Å². The van der Waals surface area contributed by atoms with E-state index in [2.05, 4.69) is 588 Å². The molecule has 0 radical (unpaired) electrons. The Morgan fingerprint density at radius 2 is 0.385 bits per heavy atom. The lowest BCUT2D eigenvalue weighted by Gasteiger charge is -2.34. The normalized spacial score (nSPS) is 12.1. The minimum Gasteiger partial charge on any atom is -0.310 e. The molecule has 0 bridgehead atoms. The first-order chi connectivity index (χ1) is 70.9. The summed E-state index contributed by atoms with van der Waals surface area (Å²) in [5, 5.41) is 12.4. The molecule has 6 heteroatoms. The Morgan fingerprint density at radius 3 is 0.790 bits per heavy atom. The average molecular weight is 1830 g/mol. The van der Waals surface area contributed by atoms with E-state index in [9.17, 15) is 0 Å². The molecule has 3 aliphatic heterocycles. The number of hydrogen-bond acceptors (Lipinski definition) is 6. The van der Waals surface area contributed by atoms with Crippen LogP contribution in [0.15, 0.2) is 558 Å². The van der Waals surface area contributed by atoms with Crippen LogP contribution in [0, 0.1) is 0 Å². The minimum atomic E-state index is 0.902. The molecule has 24 aromatic rings. The maximum Gasteiger partial charge on any atom is 0.0540 e. The van der Waals surface area contributed by atoms with E-state index in [0.717, 1.165) is 53.4 Å². The maximum atomic E-state index is 2.45. The highest BCUT2D eigenvalue weighted by atomic mass is 15.2. The fraction of sp³-hybridized carbons (Fsp3) is 0.0219. The topological polar surface area (TPSA) is 19.4 Å². The van der Waals surface area contributed by atoms with Crippen LogP contribution in [0.4, 0.5) is 102 Å². The van der Waals surface area contributed by atoms with E-state index in [4.69, 9.17) is 0 Å². The molecular formula is C137H98N6. The SMILES string of the molecule is c1ccc(-c2ccc(N3c4ccccc4Cc4cc(-c5ccc(N(c6ccccc6)c6cccc7ccccc67)cc5)ccc43)cc2)cc1.c1ccc(N(c2ccc(-c3ccc4c(c3)Cc3ccccc3N4c3ccc4ccccc4c3)cc2)c2cccc3ccccc23)cc1.c1ccc(N(c2ccc(-c3ccc4c(c3)Cc3ccccc3N4c3cccc4ccccc34)cc2)c2cccc3ccccc23)cc1. The third-order valence-corrected chi connectivity index (χ3v) is 28.5. The molecule has 0 saturated carbocycles. The molecule has 0 saturated heterocycles. The van der Waals surface area contributed by atoms with E-state index in [1.165, 1.54) is 200 Å². The van der Waals surface area contributed by atoms with Crippen LogP contribution in [0.2, 0.25) is 0 Å². The Balaban J connectivity index is 0.000000113. The third kappa shape index (κ3) is 16.8. The van der Waals surface area contributed by atoms with Crippen LogP contribution < -0.4 is 29.4 Å². The molecular weight excluding hydrogens is 1730 g/mol. The van der Waals surface area contributed by atoms with Gasteiger partial charge in [-0.05, 0) is 286 Å². The Kier molecular flexibility index (Phi) is 22.9. The monoisotopic (exact) mass is 1830 g/mol. The van der Waals surface area contributed by atoms with Gasteiger partial charge in [-0.3, -0.25) is 0 Å². The molecule has 676 valence electrons. The number of hydrogen-bond donors (Lipinski definition) is 0. The molecule has 27 rings (SSSR count). The Hall–Kier alpha value is -18.6. The molecule has 24 aromatic carbocycles. The predicted octanol–water partition coefficient (Wildman–Crippen LogP) is 38.0. The van der Waals surface area contributed by atoms with Gasteiger partial charge < -0.3 is 29.4 Å². The second kappa shape index (κ2) is 38.0. The van der Waals surface area contributed by atoms with E-state index in [0.29, 0.717) is 0 Å². The summed E-state index contributed by atoms with van der Waals surface area (Å²) in [6.45, 7) is 0. The smallest absolute Gasteiger partial charge is 0.0540 e. The van der Waals surface area contributed by atoms with Gasteiger partial charge in [0.25, 0.3) is 0 Å². The molecule has 0 atom stereocenters. The van der Waals surface area contributed by atoms with Crippen LogP contribution in [0.1, 0.15) is 33.4 Å². The number of para-hydroxylation sites is 6. The Bertz CT molecular complexity index is 8790. The number of nitrogens with zero attached hydrogens (tertiary/aromatic N) is 6. The Labute approximate surface area is 835 Å². The van der Waals surface area contributed by atoms with Crippen molar-refractivity contribution in [2.45, 2.75) is 19.3 Å². The summed E-state index contributed by atoms with van der Waals surface area (Å²) in [7, 11) is 0. The van der Waals surface area contributed by atoms with Gasteiger partial charge in [-0.1, -0.05) is 382 Å². The molecule has 0 fully saturated rings. The van der Waals surface area contributed by atoms with Gasteiger partial charge in [-0.2, -0.15) is 0 Å². The first-order valence-electron chi connectivity index (χ1n) is 49.4. The molecule has 6 nitrogen and oxygen atoms in total. The van der Waals surface area contributed by atoms with Crippen LogP contribution in [-0.4, -0.2) is 0 Å². The fourth-order valence-electron chi connectivity index (χ4n) is 21.6. The van der Waals surface area contributed by atoms with Crippen LogP contribution >= 0.6 is 0 Å². The molecule has 143 heavy (non-hydrogen) atoms. The van der Waals surface area contributed by atoms with Crippen molar-refractivity contribution in [3.05, 3.63) is 591 Å². The van der Waals surface area contributed by atoms with Crippen molar-refractivity contribution in [1.29, 1.82) is 0 Å². The van der Waals surface area contributed by atoms with Crippen molar-refractivity contribution in [2.75, 3.05) is 29.4 Å². The lowest BCUT2D eigenvalue weighted by Crippen LogP contribution is -2.18. The molecule has 3 aliphatic rings. The van der Waals surface area contributed by atoms with E-state index < -0.39 is 0 Å². The second-order valence-corrected chi connectivity index (χ2v) is 37.0. The summed E-state index contributed by atoms with van der Waals surface area (Å²) in [5.41, 5.74) is 39.1. The molecule has 0 spiro atoms. The summed E-state index contributed by atoms with van der Waals surface area (Å²) in [6, 6.07) is 202. The lowest BCUT2D eigenvalue weighted by molar-refractivity contribution is 1.09. The number of anilines is 18. The summed E-state index contributed by atoms with van der Waals surface area (Å²) >= 11 is 0. The van der Waals surface area contributed by atoms with Gasteiger partial charge in [0, 0.05) is 120 Å². The van der Waals surface area contributed by atoms with Crippen LogP contribution in [0.5, 0.6) is 0 Å². The minimum absolute atomic E-state index is 0.902. The molecule has 0 unspecified atom stereocenters. The number of rotatable bonds is 16. The highest BCUT2D eigenvalue weighted by Crippen LogP contribution is 2.53. The van der Waals surface area contributed by atoms with E-state index in [1.807, 2.05) is 0 Å². The van der Waals surface area contributed by atoms with Gasteiger partial charge in [-0.25, -0.2) is 0 Å². The molecule has 0 N–H and O–H groups in total. The lowest BCUT2D eigenvalue weighted by atomic mass is 9.91. The van der Waals surface area contributed by atoms with E-state index in [1.54, 1.807) is 0 Å². The van der Waals surface area contributed by atoms with Gasteiger partial charge in [0.15, 0.2) is 0 Å². The first-order valence-corrected chi connectivity index (χ1v) is 49.4. The quantitative estimate of drug-likeness (QED) is 0.0953. The van der Waals surface area contributed by atoms with Crippen molar-refractivity contribution in [3.8, 4) is 44.5 Å². The van der Waals surface area contributed by atoms with Crippen LogP contribution in [0.3, 0.4) is 0 Å². The largest absolute Gasteiger partial charge is 0.310 e. The van der Waals surface area contributed by atoms with Crippen LogP contribution in [0.25, 0.3) is 98.4 Å². The number of benzene rings is 24. The van der Waals surface area contributed by atoms with Crippen molar-refractivity contribution >= 4 is 156 Å². The van der Waals surface area contributed by atoms with Crippen molar-refractivity contribution in [2.24, 2.45) is 0 Å². The Morgan fingerprint density at radius 1 is 0.133 bits per heavy atom. The van der Waals surface area contributed by atoms with Gasteiger partial charge >= 0.3 is 0 Å². The molecule has 0 aromatic heterocycles. The van der Waals surface area contributed by atoms with Gasteiger partial charge in [0.2, 0.25) is 0 Å². The number of fused-ring (bicyclic) bond motifs is 11. The van der Waals surface area contributed by atoms with Gasteiger partial charge in [0.1, 0.15) is 0 Å². The maximum absolute atomic E-state index is 2.45. The van der Waals surface area contributed by atoms with Crippen molar-refractivity contribution in [1.82, 2.24) is 0 Å². The summed E-state index contributed by atoms with van der Waals surface area (Å²) in [4.78, 5) is 14.4.